The molecule has 1 aromatic carbocycles. The summed E-state index contributed by atoms with van der Waals surface area (Å²) in [7, 11) is 0. The molecule has 0 spiro atoms. The van der Waals surface area contributed by atoms with Crippen molar-refractivity contribution in [3.8, 4) is 0 Å². The van der Waals surface area contributed by atoms with Gasteiger partial charge in [0.2, 0.25) is 0 Å². The highest BCUT2D eigenvalue weighted by Crippen LogP contribution is 2.13. The number of hydrogen-bond donors (Lipinski definition) is 0. The number of aromatic nitrogens is 1. The maximum Gasteiger partial charge on any atom is 0.269 e. The number of Topliss-reactive ketones (excluding diaryl/α,β-unsaturated/α-hetero) is 1. The Kier molecular flexibility index (Phi) is 3.66. The first kappa shape index (κ1) is 12.9. The molecule has 0 saturated carbocycles. The minimum Gasteiger partial charge on any atom is -0.294 e. The molecule has 0 aliphatic rings. The number of hydrogen-bond acceptors (Lipinski definition) is 4. The summed E-state index contributed by atoms with van der Waals surface area (Å²) in [5, 5.41) is 10.5. The lowest BCUT2D eigenvalue weighted by Gasteiger charge is -2.01. The number of nitro groups is 1. The third-order valence-corrected chi connectivity index (χ3v) is 2.71. The molecule has 5 heteroatoms. The fourth-order valence-corrected chi connectivity index (χ4v) is 1.64. The monoisotopic (exact) mass is 256 g/mol. The predicted molar refractivity (Wildman–Crippen MR) is 70.1 cm³/mol. The van der Waals surface area contributed by atoms with E-state index < -0.39 is 4.92 Å². The van der Waals surface area contributed by atoms with Gasteiger partial charge >= 0.3 is 0 Å². The van der Waals surface area contributed by atoms with Crippen molar-refractivity contribution in [2.24, 2.45) is 0 Å². The zero-order valence-electron chi connectivity index (χ0n) is 10.4. The highest BCUT2D eigenvalue weighted by molar-refractivity contribution is 5.97. The molecule has 2 aromatic rings. The second-order valence-corrected chi connectivity index (χ2v) is 4.23. The van der Waals surface area contributed by atoms with Crippen molar-refractivity contribution in [1.82, 2.24) is 4.98 Å². The maximum atomic E-state index is 12.0. The van der Waals surface area contributed by atoms with Crippen LogP contribution in [-0.2, 0) is 6.42 Å². The van der Waals surface area contributed by atoms with Crippen molar-refractivity contribution in [1.29, 1.82) is 0 Å². The molecule has 96 valence electrons. The van der Waals surface area contributed by atoms with E-state index in [1.54, 1.807) is 12.3 Å². The van der Waals surface area contributed by atoms with Gasteiger partial charge < -0.3 is 0 Å². The number of benzene rings is 1. The molecule has 0 N–H and O–H groups in total. The zero-order valence-corrected chi connectivity index (χ0v) is 10.4. The van der Waals surface area contributed by atoms with E-state index in [4.69, 9.17) is 0 Å². The Bertz CT molecular complexity index is 604. The molecule has 19 heavy (non-hydrogen) atoms. The quantitative estimate of drug-likeness (QED) is 0.479. The fraction of sp³-hybridized carbons (Fsp3) is 0.143. The normalized spacial score (nSPS) is 10.2. The van der Waals surface area contributed by atoms with Crippen LogP contribution in [0.1, 0.15) is 21.6 Å². The van der Waals surface area contributed by atoms with Crippen molar-refractivity contribution < 1.29 is 9.72 Å². The van der Waals surface area contributed by atoms with Crippen LogP contribution in [0.15, 0.2) is 42.6 Å². The van der Waals surface area contributed by atoms with Gasteiger partial charge in [-0.25, -0.2) is 0 Å². The van der Waals surface area contributed by atoms with Crippen LogP contribution in [-0.4, -0.2) is 15.7 Å². The van der Waals surface area contributed by atoms with Gasteiger partial charge in [0.05, 0.1) is 11.3 Å². The van der Waals surface area contributed by atoms with Gasteiger partial charge in [-0.1, -0.05) is 6.07 Å². The Balaban J connectivity index is 2.11. The third kappa shape index (κ3) is 3.22. The first-order valence-electron chi connectivity index (χ1n) is 5.75. The average Bonchev–Trinajstić information content (AvgIpc) is 2.41. The molecule has 0 unspecified atom stereocenters. The van der Waals surface area contributed by atoms with Gasteiger partial charge in [-0.05, 0) is 30.7 Å². The SMILES string of the molecule is Cc1ccc(CC(=O)c2ccc([N+](=O)[O-])cc2)nc1. The lowest BCUT2D eigenvalue weighted by atomic mass is 10.1. The van der Waals surface area contributed by atoms with Crippen LogP contribution in [0.5, 0.6) is 0 Å². The van der Waals surface area contributed by atoms with E-state index in [0.29, 0.717) is 11.3 Å². The number of non-ortho nitro benzene ring substituents is 1. The maximum absolute atomic E-state index is 12.0. The molecule has 5 nitrogen and oxygen atoms in total. The summed E-state index contributed by atoms with van der Waals surface area (Å²) < 4.78 is 0. The van der Waals surface area contributed by atoms with Crippen molar-refractivity contribution in [3.63, 3.8) is 0 Å². The molecular formula is C14H12N2O3. The Labute approximate surface area is 110 Å². The Morgan fingerprint density at radius 3 is 2.42 bits per heavy atom. The van der Waals surface area contributed by atoms with E-state index in [9.17, 15) is 14.9 Å². The summed E-state index contributed by atoms with van der Waals surface area (Å²) in [4.78, 5) is 26.2. The molecule has 0 aliphatic carbocycles. The van der Waals surface area contributed by atoms with E-state index in [-0.39, 0.29) is 17.9 Å². The number of carbonyl (C=O) groups excluding carboxylic acids is 1. The minimum absolute atomic E-state index is 0.0231. The second kappa shape index (κ2) is 5.39. The van der Waals surface area contributed by atoms with Gasteiger partial charge in [0, 0.05) is 29.6 Å². The molecule has 1 heterocycles. The molecule has 2 rings (SSSR count). The summed E-state index contributed by atoms with van der Waals surface area (Å²) in [6.07, 6.45) is 1.90. The molecule has 0 atom stereocenters. The van der Waals surface area contributed by atoms with E-state index in [1.165, 1.54) is 24.3 Å². The Morgan fingerprint density at radius 1 is 1.21 bits per heavy atom. The first-order valence-corrected chi connectivity index (χ1v) is 5.75. The fourth-order valence-electron chi connectivity index (χ4n) is 1.64. The van der Waals surface area contributed by atoms with Crippen molar-refractivity contribution in [3.05, 3.63) is 69.5 Å². The number of nitro benzene ring substituents is 1. The molecule has 0 aliphatic heterocycles. The molecule has 0 bridgehead atoms. The van der Waals surface area contributed by atoms with Crippen LogP contribution in [0.3, 0.4) is 0 Å². The Morgan fingerprint density at radius 2 is 1.89 bits per heavy atom. The molecule has 0 fully saturated rings. The molecular weight excluding hydrogens is 244 g/mol. The van der Waals surface area contributed by atoms with Crippen LogP contribution in [0.2, 0.25) is 0 Å². The highest BCUT2D eigenvalue weighted by Gasteiger charge is 2.10. The second-order valence-electron chi connectivity index (χ2n) is 4.23. The number of aryl methyl sites for hydroxylation is 1. The van der Waals surface area contributed by atoms with Crippen LogP contribution >= 0.6 is 0 Å². The van der Waals surface area contributed by atoms with Gasteiger partial charge in [0.1, 0.15) is 0 Å². The van der Waals surface area contributed by atoms with Crippen molar-refractivity contribution >= 4 is 11.5 Å². The van der Waals surface area contributed by atoms with Crippen molar-refractivity contribution in [2.75, 3.05) is 0 Å². The van der Waals surface area contributed by atoms with E-state index in [1.807, 2.05) is 13.0 Å². The average molecular weight is 256 g/mol. The third-order valence-electron chi connectivity index (χ3n) is 2.71. The van der Waals surface area contributed by atoms with Crippen molar-refractivity contribution in [2.45, 2.75) is 13.3 Å². The number of rotatable bonds is 4. The minimum atomic E-state index is -0.490. The molecule has 0 amide bonds. The molecule has 0 saturated heterocycles. The molecule has 0 radical (unpaired) electrons. The van der Waals surface area contributed by atoms with E-state index in [0.717, 1.165) is 5.56 Å². The summed E-state index contributed by atoms with van der Waals surface area (Å²) >= 11 is 0. The summed E-state index contributed by atoms with van der Waals surface area (Å²) in [6.45, 7) is 1.93. The first-order chi connectivity index (χ1) is 9.06. The zero-order chi connectivity index (χ0) is 13.8. The summed E-state index contributed by atoms with van der Waals surface area (Å²) in [5.74, 6) is -0.105. The van der Waals surface area contributed by atoms with Gasteiger partial charge in [-0.2, -0.15) is 0 Å². The topological polar surface area (TPSA) is 73.1 Å². The van der Waals surface area contributed by atoms with E-state index in [2.05, 4.69) is 4.98 Å². The molecule has 1 aromatic heterocycles. The van der Waals surface area contributed by atoms with Gasteiger partial charge in [0.25, 0.3) is 5.69 Å². The van der Waals surface area contributed by atoms with Gasteiger partial charge in [-0.15, -0.1) is 0 Å². The lowest BCUT2D eigenvalue weighted by Crippen LogP contribution is -2.05. The largest absolute Gasteiger partial charge is 0.294 e. The smallest absolute Gasteiger partial charge is 0.269 e. The van der Waals surface area contributed by atoms with Crippen LogP contribution in [0, 0.1) is 17.0 Å². The number of ketones is 1. The number of carbonyl (C=O) groups is 1. The van der Waals surface area contributed by atoms with E-state index >= 15 is 0 Å². The number of pyridine rings is 1. The summed E-state index contributed by atoms with van der Waals surface area (Å²) in [6, 6.07) is 9.29. The predicted octanol–water partition coefficient (Wildman–Crippen LogP) is 2.72. The highest BCUT2D eigenvalue weighted by atomic mass is 16.6. The van der Waals surface area contributed by atoms with Gasteiger partial charge in [-0.3, -0.25) is 19.9 Å². The standard InChI is InChI=1S/C14H12N2O3/c1-10-2-5-12(15-9-10)8-14(17)11-3-6-13(7-4-11)16(18)19/h2-7,9H,8H2,1H3. The number of nitrogens with zero attached hydrogens (tertiary/aromatic N) is 2. The van der Waals surface area contributed by atoms with Crippen LogP contribution in [0.25, 0.3) is 0 Å². The van der Waals surface area contributed by atoms with Gasteiger partial charge in [0.15, 0.2) is 5.78 Å². The van der Waals surface area contributed by atoms with Crippen LogP contribution in [0.4, 0.5) is 5.69 Å². The summed E-state index contributed by atoms with van der Waals surface area (Å²) in [5.41, 5.74) is 2.15. The lowest BCUT2D eigenvalue weighted by molar-refractivity contribution is -0.384. The Hall–Kier alpha value is -2.56. The van der Waals surface area contributed by atoms with Crippen LogP contribution < -0.4 is 0 Å².